The Morgan fingerprint density at radius 1 is 1.14 bits per heavy atom. The fraction of sp³-hybridized carbons (Fsp3) is 0.429. The van der Waals surface area contributed by atoms with E-state index in [0.717, 1.165) is 43.9 Å². The molecule has 150 valence electrons. The first-order valence-electron chi connectivity index (χ1n) is 9.48. The zero-order chi connectivity index (χ0) is 20.0. The van der Waals surface area contributed by atoms with Crippen molar-refractivity contribution in [3.63, 3.8) is 0 Å². The molecule has 0 spiro atoms. The minimum atomic E-state index is -3.32. The molecule has 3 N–H and O–H groups in total. The molecule has 2 fully saturated rings. The van der Waals surface area contributed by atoms with Crippen LogP contribution in [0.15, 0.2) is 48.5 Å². The molecule has 28 heavy (non-hydrogen) atoms. The molecule has 2 aliphatic rings. The fourth-order valence-corrected chi connectivity index (χ4v) is 5.42. The molecule has 2 aromatic carbocycles. The summed E-state index contributed by atoms with van der Waals surface area (Å²) in [7, 11) is -3.32. The molecule has 0 aliphatic carbocycles. The van der Waals surface area contributed by atoms with Crippen molar-refractivity contribution in [2.45, 2.75) is 49.3 Å². The van der Waals surface area contributed by atoms with E-state index in [2.05, 4.69) is 10.0 Å². The minimum absolute atomic E-state index is 0.127. The lowest BCUT2D eigenvalue weighted by Crippen LogP contribution is -2.47. The van der Waals surface area contributed by atoms with Crippen molar-refractivity contribution in [1.29, 1.82) is 0 Å². The van der Waals surface area contributed by atoms with Gasteiger partial charge in [0.25, 0.3) is 0 Å². The van der Waals surface area contributed by atoms with E-state index in [1.807, 2.05) is 18.2 Å². The fourth-order valence-electron chi connectivity index (χ4n) is 4.86. The van der Waals surface area contributed by atoms with E-state index >= 15 is 0 Å². The summed E-state index contributed by atoms with van der Waals surface area (Å²) in [6, 6.07) is 13.6. The highest BCUT2D eigenvalue weighted by Crippen LogP contribution is 2.51. The molecule has 2 saturated heterocycles. The highest BCUT2D eigenvalue weighted by atomic mass is 32.2. The molecular formula is C21H25FN2O3S. The number of fused-ring (bicyclic) bond motifs is 2. The maximum atomic E-state index is 13.6. The molecule has 4 rings (SSSR count). The van der Waals surface area contributed by atoms with Crippen molar-refractivity contribution < 1.29 is 17.9 Å². The van der Waals surface area contributed by atoms with Crippen LogP contribution in [-0.4, -0.2) is 30.9 Å². The van der Waals surface area contributed by atoms with E-state index in [1.165, 1.54) is 12.1 Å². The van der Waals surface area contributed by atoms with Gasteiger partial charge in [0, 0.05) is 16.8 Å². The van der Waals surface area contributed by atoms with Crippen molar-refractivity contribution >= 4 is 15.7 Å². The van der Waals surface area contributed by atoms with Gasteiger partial charge in [0.2, 0.25) is 10.0 Å². The van der Waals surface area contributed by atoms with Gasteiger partial charge in [-0.25, -0.2) is 12.8 Å². The van der Waals surface area contributed by atoms with E-state index in [1.54, 1.807) is 18.2 Å². The summed E-state index contributed by atoms with van der Waals surface area (Å²) in [6.45, 7) is 0. The predicted molar refractivity (Wildman–Crippen MR) is 107 cm³/mol. The van der Waals surface area contributed by atoms with Gasteiger partial charge in [-0.15, -0.1) is 0 Å². The summed E-state index contributed by atoms with van der Waals surface area (Å²) in [6.07, 6.45) is 4.62. The van der Waals surface area contributed by atoms with E-state index in [4.69, 9.17) is 0 Å². The second-order valence-electron chi connectivity index (χ2n) is 8.27. The van der Waals surface area contributed by atoms with Gasteiger partial charge in [0.15, 0.2) is 0 Å². The highest BCUT2D eigenvalue weighted by molar-refractivity contribution is 7.92. The zero-order valence-electron chi connectivity index (χ0n) is 15.8. The van der Waals surface area contributed by atoms with Crippen molar-refractivity contribution in [1.82, 2.24) is 5.32 Å². The van der Waals surface area contributed by atoms with Crippen LogP contribution in [-0.2, 0) is 16.4 Å². The number of hydrogen-bond acceptors (Lipinski definition) is 4. The Labute approximate surface area is 165 Å². The molecular weight excluding hydrogens is 379 g/mol. The third kappa shape index (κ3) is 3.79. The first-order valence-corrected chi connectivity index (χ1v) is 11.4. The van der Waals surface area contributed by atoms with Gasteiger partial charge in [-0.3, -0.25) is 4.72 Å². The quantitative estimate of drug-likeness (QED) is 0.691. The number of anilines is 1. The molecule has 0 saturated carbocycles. The second-order valence-corrected chi connectivity index (χ2v) is 10.0. The molecule has 2 aliphatic heterocycles. The highest BCUT2D eigenvalue weighted by Gasteiger charge is 2.56. The Morgan fingerprint density at radius 2 is 1.86 bits per heavy atom. The number of aliphatic hydroxyl groups is 1. The van der Waals surface area contributed by atoms with Crippen molar-refractivity contribution in [3.8, 4) is 0 Å². The van der Waals surface area contributed by atoms with Crippen LogP contribution in [0.25, 0.3) is 0 Å². The third-order valence-electron chi connectivity index (χ3n) is 6.07. The van der Waals surface area contributed by atoms with Crippen molar-refractivity contribution in [3.05, 3.63) is 65.5 Å². The molecule has 1 unspecified atom stereocenters. The Balaban J connectivity index is 1.52. The third-order valence-corrected chi connectivity index (χ3v) is 6.68. The number of halogens is 1. The average molecular weight is 405 g/mol. The maximum absolute atomic E-state index is 13.6. The largest absolute Gasteiger partial charge is 0.386 e. The van der Waals surface area contributed by atoms with Gasteiger partial charge in [0.05, 0.1) is 12.4 Å². The summed E-state index contributed by atoms with van der Waals surface area (Å²) < 4.78 is 39.1. The smallest absolute Gasteiger partial charge is 0.229 e. The molecule has 0 aromatic heterocycles. The second kappa shape index (κ2) is 6.83. The monoisotopic (exact) mass is 404 g/mol. The van der Waals surface area contributed by atoms with Crippen LogP contribution in [0.2, 0.25) is 0 Å². The van der Waals surface area contributed by atoms with Crippen LogP contribution in [0.3, 0.4) is 0 Å². The number of rotatable bonds is 6. The maximum Gasteiger partial charge on any atom is 0.229 e. The Morgan fingerprint density at radius 3 is 2.54 bits per heavy atom. The van der Waals surface area contributed by atoms with Gasteiger partial charge in [0.1, 0.15) is 5.82 Å². The van der Waals surface area contributed by atoms with Gasteiger partial charge in [-0.2, -0.15) is 0 Å². The summed E-state index contributed by atoms with van der Waals surface area (Å²) >= 11 is 0. The van der Waals surface area contributed by atoms with Crippen molar-refractivity contribution in [2.75, 3.05) is 11.0 Å². The lowest BCUT2D eigenvalue weighted by molar-refractivity contribution is 0.0734. The van der Waals surface area contributed by atoms with Gasteiger partial charge in [-0.05, 0) is 67.5 Å². The molecule has 2 aromatic rings. The first kappa shape index (κ1) is 19.4. The molecule has 0 amide bonds. The topological polar surface area (TPSA) is 78.4 Å². The summed E-state index contributed by atoms with van der Waals surface area (Å²) in [4.78, 5) is 0. The van der Waals surface area contributed by atoms with Crippen LogP contribution >= 0.6 is 0 Å². The van der Waals surface area contributed by atoms with Crippen LogP contribution in [0, 0.1) is 5.82 Å². The lowest BCUT2D eigenvalue weighted by atomic mass is 9.76. The Bertz CT molecular complexity index is 985. The van der Waals surface area contributed by atoms with Crippen molar-refractivity contribution in [2.24, 2.45) is 0 Å². The standard InChI is InChI=1S/C21H25FN2O3S/c1-28(26,27)23-18-7-2-4-15(12-18)14-20-8-10-21(24-20,11-9-20)19(25)16-5-3-6-17(22)13-16/h2-7,12-13,19,23-25H,8-11,14H2,1H3. The number of aliphatic hydroxyl groups excluding tert-OH is 1. The summed E-state index contributed by atoms with van der Waals surface area (Å²) in [5.74, 6) is -0.342. The number of hydrogen-bond donors (Lipinski definition) is 3. The molecule has 0 radical (unpaired) electrons. The molecule has 2 bridgehead atoms. The van der Waals surface area contributed by atoms with Crippen LogP contribution in [0.4, 0.5) is 10.1 Å². The van der Waals surface area contributed by atoms with E-state index < -0.39 is 21.7 Å². The molecule has 7 heteroatoms. The zero-order valence-corrected chi connectivity index (χ0v) is 16.6. The summed E-state index contributed by atoms with van der Waals surface area (Å²) in [5.41, 5.74) is 1.64. The van der Waals surface area contributed by atoms with Gasteiger partial charge < -0.3 is 10.4 Å². The average Bonchev–Trinajstić information content (AvgIpc) is 3.17. The molecule has 1 atom stereocenters. The predicted octanol–water partition coefficient (Wildman–Crippen LogP) is 3.13. The number of nitrogens with one attached hydrogen (secondary N) is 2. The van der Waals surface area contributed by atoms with Crippen LogP contribution in [0.5, 0.6) is 0 Å². The van der Waals surface area contributed by atoms with Crippen LogP contribution < -0.4 is 10.0 Å². The molecule has 5 nitrogen and oxygen atoms in total. The Hall–Kier alpha value is -1.96. The lowest BCUT2D eigenvalue weighted by Gasteiger charge is -2.32. The number of sulfonamides is 1. The SMILES string of the molecule is CS(=O)(=O)Nc1cccc(CC23CCC(C(O)c4cccc(F)c4)(CC2)N3)c1. The van der Waals surface area contributed by atoms with E-state index in [9.17, 15) is 17.9 Å². The van der Waals surface area contributed by atoms with E-state index in [-0.39, 0.29) is 11.4 Å². The molecule has 2 heterocycles. The minimum Gasteiger partial charge on any atom is -0.386 e. The number of benzene rings is 2. The van der Waals surface area contributed by atoms with E-state index in [0.29, 0.717) is 11.3 Å². The Kier molecular flexibility index (Phi) is 4.72. The van der Waals surface area contributed by atoms with Gasteiger partial charge in [-0.1, -0.05) is 24.3 Å². The summed E-state index contributed by atoms with van der Waals surface area (Å²) in [5, 5.41) is 14.6. The first-order chi connectivity index (χ1) is 13.2. The van der Waals surface area contributed by atoms with Crippen LogP contribution in [0.1, 0.15) is 42.9 Å². The normalized spacial score (nSPS) is 27.7. The van der Waals surface area contributed by atoms with Gasteiger partial charge >= 0.3 is 0 Å².